The van der Waals surface area contributed by atoms with Gasteiger partial charge < -0.3 is 9.47 Å². The largest absolute Gasteiger partial charge is 0.493 e. The molecule has 0 aliphatic heterocycles. The van der Waals surface area contributed by atoms with Crippen molar-refractivity contribution >= 4 is 11.3 Å². The second-order valence-electron chi connectivity index (χ2n) is 5.62. The van der Waals surface area contributed by atoms with Crippen LogP contribution in [0.2, 0.25) is 0 Å². The van der Waals surface area contributed by atoms with E-state index in [-0.39, 0.29) is 5.56 Å². The van der Waals surface area contributed by atoms with Crippen LogP contribution in [0.15, 0.2) is 28.4 Å². The molecule has 7 heteroatoms. The number of hydrogen-bond donors (Lipinski definition) is 0. The average Bonchev–Trinajstić information content (AvgIpc) is 3.09. The normalized spacial score (nSPS) is 10.8. The second-order valence-corrected chi connectivity index (χ2v) is 6.48. The summed E-state index contributed by atoms with van der Waals surface area (Å²) < 4.78 is 12.0. The summed E-state index contributed by atoms with van der Waals surface area (Å²) >= 11 is 1.44. The maximum Gasteiger partial charge on any atom is 0.277 e. The van der Waals surface area contributed by atoms with Gasteiger partial charge in [0, 0.05) is 18.0 Å². The highest BCUT2D eigenvalue weighted by molar-refractivity contribution is 7.13. The molecular weight excluding hydrogens is 338 g/mol. The summed E-state index contributed by atoms with van der Waals surface area (Å²) in [7, 11) is 4.85. The Balaban J connectivity index is 2.09. The monoisotopic (exact) mass is 357 g/mol. The van der Waals surface area contributed by atoms with Gasteiger partial charge in [-0.1, -0.05) is 0 Å². The molecule has 0 radical (unpaired) electrons. The van der Waals surface area contributed by atoms with Crippen LogP contribution in [-0.4, -0.2) is 29.0 Å². The zero-order chi connectivity index (χ0) is 18.1. The van der Waals surface area contributed by atoms with Gasteiger partial charge in [-0.2, -0.15) is 5.10 Å². The predicted molar refractivity (Wildman–Crippen MR) is 98.6 cm³/mol. The Labute approximate surface area is 149 Å². The number of methoxy groups -OCH3 is 2. The number of aromatic nitrogens is 3. The minimum atomic E-state index is -0.142. The molecule has 0 unspecified atom stereocenters. The van der Waals surface area contributed by atoms with E-state index >= 15 is 0 Å². The van der Waals surface area contributed by atoms with Crippen molar-refractivity contribution in [2.24, 2.45) is 7.05 Å². The molecule has 3 aromatic rings. The van der Waals surface area contributed by atoms with E-state index in [1.807, 2.05) is 37.4 Å². The van der Waals surface area contributed by atoms with Crippen molar-refractivity contribution in [1.29, 1.82) is 0 Å². The van der Waals surface area contributed by atoms with Gasteiger partial charge >= 0.3 is 0 Å². The predicted octanol–water partition coefficient (Wildman–Crippen LogP) is 3.20. The van der Waals surface area contributed by atoms with Crippen LogP contribution in [0.4, 0.5) is 0 Å². The van der Waals surface area contributed by atoms with Crippen molar-refractivity contribution < 1.29 is 9.47 Å². The summed E-state index contributed by atoms with van der Waals surface area (Å²) in [6.07, 6.45) is 0. The third-order valence-electron chi connectivity index (χ3n) is 4.12. The number of ether oxygens (including phenoxy) is 2. The molecule has 130 valence electrons. The van der Waals surface area contributed by atoms with E-state index in [1.54, 1.807) is 21.3 Å². The zero-order valence-electron chi connectivity index (χ0n) is 14.8. The molecule has 0 saturated carbocycles. The Morgan fingerprint density at radius 1 is 1.12 bits per heavy atom. The maximum absolute atomic E-state index is 12.5. The van der Waals surface area contributed by atoms with E-state index in [0.717, 1.165) is 22.5 Å². The minimum absolute atomic E-state index is 0.142. The van der Waals surface area contributed by atoms with Crippen molar-refractivity contribution in [3.05, 3.63) is 45.2 Å². The number of aryl methyl sites for hydroxylation is 2. The molecular formula is C18H19N3O3S. The zero-order valence-corrected chi connectivity index (χ0v) is 15.6. The average molecular weight is 357 g/mol. The van der Waals surface area contributed by atoms with Gasteiger partial charge in [-0.05, 0) is 37.6 Å². The van der Waals surface area contributed by atoms with Crippen LogP contribution in [0, 0.1) is 13.8 Å². The molecule has 0 saturated heterocycles. The first-order chi connectivity index (χ1) is 12.0. The van der Waals surface area contributed by atoms with E-state index in [9.17, 15) is 4.79 Å². The van der Waals surface area contributed by atoms with Crippen LogP contribution in [0.1, 0.15) is 11.3 Å². The number of benzene rings is 1. The van der Waals surface area contributed by atoms with Crippen molar-refractivity contribution in [2.45, 2.75) is 13.8 Å². The lowest BCUT2D eigenvalue weighted by atomic mass is 10.1. The quantitative estimate of drug-likeness (QED) is 0.717. The van der Waals surface area contributed by atoms with Gasteiger partial charge in [0.2, 0.25) is 0 Å². The smallest absolute Gasteiger partial charge is 0.277 e. The van der Waals surface area contributed by atoms with E-state index in [2.05, 4.69) is 10.1 Å². The molecule has 0 atom stereocenters. The fourth-order valence-electron chi connectivity index (χ4n) is 2.62. The molecule has 25 heavy (non-hydrogen) atoms. The Kier molecular flexibility index (Phi) is 4.59. The van der Waals surface area contributed by atoms with Crippen LogP contribution in [0.3, 0.4) is 0 Å². The highest BCUT2D eigenvalue weighted by Crippen LogP contribution is 2.34. The van der Waals surface area contributed by atoms with Crippen LogP contribution in [-0.2, 0) is 7.05 Å². The Morgan fingerprint density at radius 3 is 2.52 bits per heavy atom. The van der Waals surface area contributed by atoms with Crippen LogP contribution in [0.25, 0.3) is 21.8 Å². The van der Waals surface area contributed by atoms with Crippen molar-refractivity contribution in [2.75, 3.05) is 14.2 Å². The third kappa shape index (κ3) is 3.02. The molecule has 2 heterocycles. The Bertz CT molecular complexity index is 992. The highest BCUT2D eigenvalue weighted by atomic mass is 32.1. The molecule has 3 rings (SSSR count). The number of thiazole rings is 1. The van der Waals surface area contributed by atoms with Crippen molar-refractivity contribution in [3.8, 4) is 33.3 Å². The first-order valence-corrected chi connectivity index (χ1v) is 8.57. The molecule has 0 amide bonds. The van der Waals surface area contributed by atoms with Gasteiger partial charge in [-0.15, -0.1) is 11.3 Å². The number of rotatable bonds is 4. The van der Waals surface area contributed by atoms with Gasteiger partial charge in [-0.3, -0.25) is 4.79 Å². The van der Waals surface area contributed by atoms with Crippen LogP contribution >= 0.6 is 11.3 Å². The molecule has 6 nitrogen and oxygen atoms in total. The molecule has 1 aromatic carbocycles. The van der Waals surface area contributed by atoms with Crippen LogP contribution in [0.5, 0.6) is 11.5 Å². The molecule has 0 aliphatic carbocycles. The van der Waals surface area contributed by atoms with Crippen molar-refractivity contribution in [1.82, 2.24) is 14.8 Å². The SMILES string of the molecule is COc1ccc(-c2csc(-c3c(C)c(C)nn(C)c3=O)n2)cc1OC. The summed E-state index contributed by atoms with van der Waals surface area (Å²) in [6.45, 7) is 3.79. The Morgan fingerprint density at radius 2 is 1.84 bits per heavy atom. The van der Waals surface area contributed by atoms with E-state index in [0.29, 0.717) is 22.1 Å². The first kappa shape index (κ1) is 17.2. The molecule has 0 spiro atoms. The minimum Gasteiger partial charge on any atom is -0.493 e. The number of hydrogen-bond acceptors (Lipinski definition) is 6. The number of nitrogens with zero attached hydrogens (tertiary/aromatic N) is 3. The summed E-state index contributed by atoms with van der Waals surface area (Å²) in [5, 5.41) is 6.84. The lowest BCUT2D eigenvalue weighted by Gasteiger charge is -2.08. The topological polar surface area (TPSA) is 66.2 Å². The van der Waals surface area contributed by atoms with Gasteiger partial charge in [0.05, 0.1) is 31.2 Å². The first-order valence-electron chi connectivity index (χ1n) is 7.69. The third-order valence-corrected chi connectivity index (χ3v) is 4.98. The van der Waals surface area contributed by atoms with Crippen LogP contribution < -0.4 is 15.0 Å². The second kappa shape index (κ2) is 6.68. The highest BCUT2D eigenvalue weighted by Gasteiger charge is 2.17. The molecule has 0 aliphatic rings. The fraction of sp³-hybridized carbons (Fsp3) is 0.278. The summed E-state index contributed by atoms with van der Waals surface area (Å²) in [4.78, 5) is 17.2. The lowest BCUT2D eigenvalue weighted by molar-refractivity contribution is 0.355. The standard InChI is InChI=1S/C18H19N3O3S/c1-10-11(2)20-21(3)18(22)16(10)17-19-13(9-25-17)12-6-7-14(23-4)15(8-12)24-5/h6-9H,1-5H3. The molecule has 0 bridgehead atoms. The molecule has 0 N–H and O–H groups in total. The van der Waals surface area contributed by atoms with Gasteiger partial charge in [0.1, 0.15) is 5.01 Å². The summed E-state index contributed by atoms with van der Waals surface area (Å²) in [5.41, 5.74) is 3.83. The van der Waals surface area contributed by atoms with E-state index in [1.165, 1.54) is 16.0 Å². The fourth-order valence-corrected chi connectivity index (χ4v) is 3.54. The maximum atomic E-state index is 12.5. The van der Waals surface area contributed by atoms with E-state index < -0.39 is 0 Å². The van der Waals surface area contributed by atoms with Gasteiger partial charge in [0.15, 0.2) is 11.5 Å². The van der Waals surface area contributed by atoms with Crippen molar-refractivity contribution in [3.63, 3.8) is 0 Å². The van der Waals surface area contributed by atoms with E-state index in [4.69, 9.17) is 9.47 Å². The summed E-state index contributed by atoms with van der Waals surface area (Å²) in [5.74, 6) is 1.30. The summed E-state index contributed by atoms with van der Waals surface area (Å²) in [6, 6.07) is 5.64. The van der Waals surface area contributed by atoms with Gasteiger partial charge in [0.25, 0.3) is 5.56 Å². The molecule has 2 aromatic heterocycles. The lowest BCUT2D eigenvalue weighted by Crippen LogP contribution is -2.23. The Hall–Kier alpha value is -2.67. The van der Waals surface area contributed by atoms with Gasteiger partial charge in [-0.25, -0.2) is 9.67 Å². The molecule has 0 fully saturated rings.